The lowest BCUT2D eigenvalue weighted by molar-refractivity contribution is 0.205. The Morgan fingerprint density at radius 3 is 2.44 bits per heavy atom. The molecule has 0 saturated carbocycles. The van der Waals surface area contributed by atoms with Crippen LogP contribution in [0.3, 0.4) is 0 Å². The Morgan fingerprint density at radius 1 is 0.889 bits per heavy atom. The fourth-order valence-electron chi connectivity index (χ4n) is 2.33. The first-order chi connectivity index (χ1) is 8.79. The van der Waals surface area contributed by atoms with Gasteiger partial charge in [-0.3, -0.25) is 0 Å². The molecular formula is C16H13BrO. The molecule has 0 amide bonds. The number of benzene rings is 3. The van der Waals surface area contributed by atoms with Crippen molar-refractivity contribution >= 4 is 37.5 Å². The van der Waals surface area contributed by atoms with Crippen LogP contribution in [0.25, 0.3) is 21.5 Å². The van der Waals surface area contributed by atoms with Crippen LogP contribution in [0.2, 0.25) is 0 Å². The maximum atomic E-state index is 9.86. The smallest absolute Gasteiger partial charge is 0.0887 e. The number of fused-ring (bicyclic) bond motifs is 3. The molecule has 0 fully saturated rings. The number of hydrogen-bond donors (Lipinski definition) is 1. The van der Waals surface area contributed by atoms with Gasteiger partial charge in [-0.15, -0.1) is 0 Å². The standard InChI is InChI=1S/C16H13BrO/c17-10-16(18)13-7-8-15-12(9-13)6-5-11-3-1-2-4-14(11)15/h1-9,16,18H,10H2/t16-/m0/s1. The van der Waals surface area contributed by atoms with Crippen molar-refractivity contribution < 1.29 is 5.11 Å². The van der Waals surface area contributed by atoms with Gasteiger partial charge in [0.15, 0.2) is 0 Å². The molecular weight excluding hydrogens is 288 g/mol. The number of aliphatic hydroxyl groups is 1. The Balaban J connectivity index is 2.28. The van der Waals surface area contributed by atoms with Gasteiger partial charge in [0.25, 0.3) is 0 Å². The minimum Gasteiger partial charge on any atom is -0.388 e. The highest BCUT2D eigenvalue weighted by Gasteiger charge is 2.07. The second kappa shape index (κ2) is 4.71. The molecule has 3 aromatic carbocycles. The molecule has 0 spiro atoms. The van der Waals surface area contributed by atoms with E-state index in [0.717, 1.165) is 5.56 Å². The molecule has 0 heterocycles. The number of rotatable bonds is 2. The van der Waals surface area contributed by atoms with E-state index in [9.17, 15) is 5.11 Å². The van der Waals surface area contributed by atoms with Crippen LogP contribution in [0.1, 0.15) is 11.7 Å². The van der Waals surface area contributed by atoms with Crippen LogP contribution in [-0.4, -0.2) is 10.4 Å². The monoisotopic (exact) mass is 300 g/mol. The fraction of sp³-hybridized carbons (Fsp3) is 0.125. The van der Waals surface area contributed by atoms with Crippen LogP contribution in [0.15, 0.2) is 54.6 Å². The van der Waals surface area contributed by atoms with Crippen LogP contribution in [0.4, 0.5) is 0 Å². The zero-order valence-electron chi connectivity index (χ0n) is 9.81. The molecule has 18 heavy (non-hydrogen) atoms. The molecule has 0 saturated heterocycles. The maximum Gasteiger partial charge on any atom is 0.0887 e. The lowest BCUT2D eigenvalue weighted by Crippen LogP contribution is -1.97. The highest BCUT2D eigenvalue weighted by atomic mass is 79.9. The third kappa shape index (κ3) is 1.92. The van der Waals surface area contributed by atoms with Crippen molar-refractivity contribution in [2.75, 3.05) is 5.33 Å². The van der Waals surface area contributed by atoms with E-state index in [0.29, 0.717) is 5.33 Å². The first-order valence-electron chi connectivity index (χ1n) is 5.95. The van der Waals surface area contributed by atoms with Gasteiger partial charge in [-0.05, 0) is 33.2 Å². The second-order valence-corrected chi connectivity index (χ2v) is 5.08. The Kier molecular flexibility index (Phi) is 3.06. The summed E-state index contributed by atoms with van der Waals surface area (Å²) in [6.45, 7) is 0. The summed E-state index contributed by atoms with van der Waals surface area (Å²) in [4.78, 5) is 0. The van der Waals surface area contributed by atoms with Crippen molar-refractivity contribution in [1.29, 1.82) is 0 Å². The van der Waals surface area contributed by atoms with E-state index in [-0.39, 0.29) is 0 Å². The molecule has 0 aliphatic rings. The molecule has 0 bridgehead atoms. The normalized spacial score (nSPS) is 13.0. The van der Waals surface area contributed by atoms with Crippen LogP contribution in [-0.2, 0) is 0 Å². The Labute approximate surface area is 114 Å². The maximum absolute atomic E-state index is 9.86. The van der Waals surface area contributed by atoms with Gasteiger partial charge < -0.3 is 5.11 Å². The van der Waals surface area contributed by atoms with Crippen LogP contribution in [0, 0.1) is 0 Å². The highest BCUT2D eigenvalue weighted by Crippen LogP contribution is 2.28. The molecule has 3 rings (SSSR count). The minimum atomic E-state index is -0.444. The summed E-state index contributed by atoms with van der Waals surface area (Å²) in [5, 5.41) is 15.3. The summed E-state index contributed by atoms with van der Waals surface area (Å²) in [6.07, 6.45) is -0.444. The number of aliphatic hydroxyl groups excluding tert-OH is 1. The van der Waals surface area contributed by atoms with Gasteiger partial charge in [0.1, 0.15) is 0 Å². The Bertz CT molecular complexity index is 706. The lowest BCUT2D eigenvalue weighted by atomic mass is 9.99. The van der Waals surface area contributed by atoms with E-state index in [1.165, 1.54) is 21.5 Å². The topological polar surface area (TPSA) is 20.2 Å². The molecule has 3 aromatic rings. The Hall–Kier alpha value is -1.38. The van der Waals surface area contributed by atoms with Gasteiger partial charge in [0, 0.05) is 5.33 Å². The first-order valence-corrected chi connectivity index (χ1v) is 7.07. The fourth-order valence-corrected chi connectivity index (χ4v) is 2.70. The van der Waals surface area contributed by atoms with Gasteiger partial charge in [-0.1, -0.05) is 64.5 Å². The van der Waals surface area contributed by atoms with E-state index < -0.39 is 6.10 Å². The number of alkyl halides is 1. The average molecular weight is 301 g/mol. The van der Waals surface area contributed by atoms with E-state index in [1.54, 1.807) is 0 Å². The van der Waals surface area contributed by atoms with Gasteiger partial charge in [-0.25, -0.2) is 0 Å². The predicted octanol–water partition coefficient (Wildman–Crippen LogP) is 4.42. The van der Waals surface area contributed by atoms with Crippen molar-refractivity contribution in [2.45, 2.75) is 6.10 Å². The minimum absolute atomic E-state index is 0.444. The van der Waals surface area contributed by atoms with Crippen molar-refractivity contribution in [3.8, 4) is 0 Å². The van der Waals surface area contributed by atoms with Crippen molar-refractivity contribution in [3.05, 3.63) is 60.2 Å². The molecule has 90 valence electrons. The number of hydrogen-bond acceptors (Lipinski definition) is 1. The van der Waals surface area contributed by atoms with E-state index in [1.807, 2.05) is 6.07 Å². The second-order valence-electron chi connectivity index (χ2n) is 4.44. The summed E-state index contributed by atoms with van der Waals surface area (Å²) in [5.74, 6) is 0. The predicted molar refractivity (Wildman–Crippen MR) is 80.2 cm³/mol. The van der Waals surface area contributed by atoms with Crippen molar-refractivity contribution in [2.24, 2.45) is 0 Å². The van der Waals surface area contributed by atoms with Crippen molar-refractivity contribution in [1.82, 2.24) is 0 Å². The summed E-state index contributed by atoms with van der Waals surface area (Å²) in [5.41, 5.74) is 0.953. The van der Waals surface area contributed by atoms with Crippen LogP contribution < -0.4 is 0 Å². The highest BCUT2D eigenvalue weighted by molar-refractivity contribution is 9.09. The van der Waals surface area contributed by atoms with Gasteiger partial charge >= 0.3 is 0 Å². The third-order valence-corrected chi connectivity index (χ3v) is 3.91. The van der Waals surface area contributed by atoms with Gasteiger partial charge in [-0.2, -0.15) is 0 Å². The molecule has 0 aliphatic heterocycles. The average Bonchev–Trinajstić information content (AvgIpc) is 2.45. The largest absolute Gasteiger partial charge is 0.388 e. The molecule has 0 radical (unpaired) electrons. The van der Waals surface area contributed by atoms with E-state index in [2.05, 4.69) is 64.5 Å². The van der Waals surface area contributed by atoms with E-state index in [4.69, 9.17) is 0 Å². The SMILES string of the molecule is O[C@@H](CBr)c1ccc2c(ccc3ccccc32)c1. The molecule has 0 aliphatic carbocycles. The summed E-state index contributed by atoms with van der Waals surface area (Å²) in [7, 11) is 0. The van der Waals surface area contributed by atoms with Crippen LogP contribution >= 0.6 is 15.9 Å². The summed E-state index contributed by atoms with van der Waals surface area (Å²) in [6, 6.07) is 18.8. The quantitative estimate of drug-likeness (QED) is 0.548. The van der Waals surface area contributed by atoms with Crippen LogP contribution in [0.5, 0.6) is 0 Å². The zero-order chi connectivity index (χ0) is 12.5. The Morgan fingerprint density at radius 2 is 1.61 bits per heavy atom. The molecule has 1 nitrogen and oxygen atoms in total. The number of halogens is 1. The molecule has 1 N–H and O–H groups in total. The molecule has 2 heteroatoms. The zero-order valence-corrected chi connectivity index (χ0v) is 11.4. The van der Waals surface area contributed by atoms with Gasteiger partial charge in [0.05, 0.1) is 6.10 Å². The van der Waals surface area contributed by atoms with Crippen molar-refractivity contribution in [3.63, 3.8) is 0 Å². The first kappa shape index (κ1) is 11.7. The lowest BCUT2D eigenvalue weighted by Gasteiger charge is -2.10. The molecule has 1 atom stereocenters. The summed E-state index contributed by atoms with van der Waals surface area (Å²) < 4.78 is 0. The summed E-state index contributed by atoms with van der Waals surface area (Å²) >= 11 is 3.31. The molecule has 0 unspecified atom stereocenters. The van der Waals surface area contributed by atoms with Gasteiger partial charge in [0.2, 0.25) is 0 Å². The molecule has 0 aromatic heterocycles. The van der Waals surface area contributed by atoms with E-state index >= 15 is 0 Å². The third-order valence-electron chi connectivity index (χ3n) is 3.30.